The van der Waals surface area contributed by atoms with Crippen molar-refractivity contribution in [3.05, 3.63) is 45.9 Å². The zero-order chi connectivity index (χ0) is 19.9. The first-order valence-corrected chi connectivity index (χ1v) is 10.7. The lowest BCUT2D eigenvalue weighted by atomic mass is 9.98. The second-order valence-corrected chi connectivity index (χ2v) is 8.16. The van der Waals surface area contributed by atoms with Crippen LogP contribution in [0, 0.1) is 5.92 Å². The predicted octanol–water partition coefficient (Wildman–Crippen LogP) is 5.41. The van der Waals surface area contributed by atoms with E-state index in [1.807, 2.05) is 43.3 Å². The number of carbonyl (C=O) groups excluding carboxylic acids is 1. The van der Waals surface area contributed by atoms with E-state index >= 15 is 0 Å². The third kappa shape index (κ3) is 6.02. The van der Waals surface area contributed by atoms with Crippen LogP contribution < -0.4 is 5.32 Å². The van der Waals surface area contributed by atoms with Crippen molar-refractivity contribution in [1.29, 1.82) is 0 Å². The van der Waals surface area contributed by atoms with E-state index in [1.165, 1.54) is 18.5 Å². The number of unbranched alkanes of at least 4 members (excludes halogenated alkanes) is 1. The first-order chi connectivity index (χ1) is 13.5. The molecule has 0 spiro atoms. The minimum Gasteiger partial charge on any atom is -0.481 e. The van der Waals surface area contributed by atoms with E-state index in [1.54, 1.807) is 11.3 Å². The Morgan fingerprint density at radius 1 is 1.36 bits per heavy atom. The summed E-state index contributed by atoms with van der Waals surface area (Å²) < 4.78 is 0. The van der Waals surface area contributed by atoms with Crippen LogP contribution in [0.3, 0.4) is 0 Å². The molecule has 0 saturated heterocycles. The van der Waals surface area contributed by atoms with Gasteiger partial charge in [-0.3, -0.25) is 9.59 Å². The molecule has 0 aliphatic heterocycles. The van der Waals surface area contributed by atoms with Crippen LogP contribution in [0.1, 0.15) is 67.6 Å². The van der Waals surface area contributed by atoms with Crippen molar-refractivity contribution in [1.82, 2.24) is 4.98 Å². The molecule has 1 unspecified atom stereocenters. The van der Waals surface area contributed by atoms with Gasteiger partial charge >= 0.3 is 5.97 Å². The minimum absolute atomic E-state index is 0.00153. The fraction of sp³-hybridized carbons (Fsp3) is 0.409. The van der Waals surface area contributed by atoms with Crippen LogP contribution in [0.5, 0.6) is 0 Å². The molecule has 1 saturated carbocycles. The summed E-state index contributed by atoms with van der Waals surface area (Å²) in [7, 11) is 0. The van der Waals surface area contributed by atoms with Crippen LogP contribution >= 0.6 is 11.3 Å². The SMILES string of the molecule is CCCCC(CC(=O)Nc1cccc(C=Cc2nc(C3CC3)cs2)c1)C(=O)O. The fourth-order valence-electron chi connectivity index (χ4n) is 3.03. The standard InChI is InChI=1S/C22H26N2O3S/c1-2-3-6-17(22(26)27)13-20(25)23-18-7-4-5-15(12-18)8-11-21-24-19(14-28-21)16-9-10-16/h4-5,7-8,11-12,14,16-17H,2-3,6,9-10,13H2,1H3,(H,23,25)(H,26,27). The van der Waals surface area contributed by atoms with Gasteiger partial charge < -0.3 is 10.4 Å². The summed E-state index contributed by atoms with van der Waals surface area (Å²) in [6.07, 6.45) is 8.71. The number of aromatic nitrogens is 1. The lowest BCUT2D eigenvalue weighted by Gasteiger charge is -2.12. The summed E-state index contributed by atoms with van der Waals surface area (Å²) in [5.41, 5.74) is 2.83. The number of hydrogen-bond donors (Lipinski definition) is 2. The van der Waals surface area contributed by atoms with E-state index < -0.39 is 11.9 Å². The summed E-state index contributed by atoms with van der Waals surface area (Å²) >= 11 is 1.64. The number of carboxylic acids is 1. The Bertz CT molecular complexity index is 855. The van der Waals surface area contributed by atoms with Crippen molar-refractivity contribution < 1.29 is 14.7 Å². The Labute approximate surface area is 169 Å². The van der Waals surface area contributed by atoms with Crippen LogP contribution in [0.25, 0.3) is 12.2 Å². The van der Waals surface area contributed by atoms with Crippen molar-refractivity contribution in [3.8, 4) is 0 Å². The Morgan fingerprint density at radius 2 is 2.18 bits per heavy atom. The number of carboxylic acid groups (broad SMARTS) is 1. The lowest BCUT2D eigenvalue weighted by Crippen LogP contribution is -2.22. The van der Waals surface area contributed by atoms with E-state index in [2.05, 4.69) is 15.7 Å². The van der Waals surface area contributed by atoms with Gasteiger partial charge in [0.1, 0.15) is 5.01 Å². The molecule has 1 aliphatic carbocycles. The Morgan fingerprint density at radius 3 is 2.89 bits per heavy atom. The molecule has 1 aromatic carbocycles. The molecular weight excluding hydrogens is 372 g/mol. The molecule has 28 heavy (non-hydrogen) atoms. The largest absolute Gasteiger partial charge is 0.481 e. The zero-order valence-electron chi connectivity index (χ0n) is 16.1. The van der Waals surface area contributed by atoms with Gasteiger partial charge in [0.25, 0.3) is 0 Å². The maximum Gasteiger partial charge on any atom is 0.307 e. The number of amides is 1. The van der Waals surface area contributed by atoms with Crippen LogP contribution in [0.15, 0.2) is 29.6 Å². The molecule has 6 heteroatoms. The van der Waals surface area contributed by atoms with Gasteiger partial charge in [-0.25, -0.2) is 4.98 Å². The van der Waals surface area contributed by atoms with E-state index in [0.717, 1.165) is 23.4 Å². The van der Waals surface area contributed by atoms with Gasteiger partial charge in [-0.15, -0.1) is 11.3 Å². The first-order valence-electron chi connectivity index (χ1n) is 9.81. The highest BCUT2D eigenvalue weighted by molar-refractivity contribution is 7.10. The van der Waals surface area contributed by atoms with Crippen LogP contribution in [-0.4, -0.2) is 22.0 Å². The van der Waals surface area contributed by atoms with Crippen molar-refractivity contribution in [2.45, 2.75) is 51.4 Å². The van der Waals surface area contributed by atoms with Crippen molar-refractivity contribution in [2.75, 3.05) is 5.32 Å². The van der Waals surface area contributed by atoms with E-state index in [4.69, 9.17) is 0 Å². The summed E-state index contributed by atoms with van der Waals surface area (Å²) in [6.45, 7) is 2.01. The van der Waals surface area contributed by atoms with Crippen LogP contribution in [0.2, 0.25) is 0 Å². The first kappa shape index (κ1) is 20.3. The van der Waals surface area contributed by atoms with Crippen molar-refractivity contribution >= 4 is 41.1 Å². The second kappa shape index (κ2) is 9.64. The van der Waals surface area contributed by atoms with Gasteiger partial charge in [-0.2, -0.15) is 0 Å². The van der Waals surface area contributed by atoms with Gasteiger partial charge in [-0.1, -0.05) is 38.0 Å². The number of anilines is 1. The minimum atomic E-state index is -0.908. The molecule has 0 radical (unpaired) electrons. The Hall–Kier alpha value is -2.47. The molecule has 1 aromatic heterocycles. The van der Waals surface area contributed by atoms with Crippen molar-refractivity contribution in [2.24, 2.45) is 5.92 Å². The number of aliphatic carboxylic acids is 1. The van der Waals surface area contributed by atoms with E-state index in [9.17, 15) is 14.7 Å². The highest BCUT2D eigenvalue weighted by Crippen LogP contribution is 2.40. The molecule has 5 nitrogen and oxygen atoms in total. The molecule has 3 rings (SSSR count). The topological polar surface area (TPSA) is 79.3 Å². The molecule has 1 atom stereocenters. The average molecular weight is 399 g/mol. The number of hydrogen-bond acceptors (Lipinski definition) is 4. The molecule has 2 N–H and O–H groups in total. The summed E-state index contributed by atoms with van der Waals surface area (Å²) in [4.78, 5) is 28.2. The fourth-order valence-corrected chi connectivity index (χ4v) is 3.82. The molecule has 148 valence electrons. The number of carbonyl (C=O) groups is 2. The third-order valence-electron chi connectivity index (χ3n) is 4.81. The Kier molecular flexibility index (Phi) is 6.98. The molecule has 1 aliphatic rings. The van der Waals surface area contributed by atoms with Gasteiger partial charge in [0.2, 0.25) is 5.91 Å². The summed E-state index contributed by atoms with van der Waals surface area (Å²) in [6, 6.07) is 7.53. The molecule has 0 bridgehead atoms. The molecule has 1 heterocycles. The maximum atomic E-state index is 12.3. The van der Waals surface area contributed by atoms with Gasteiger partial charge in [0, 0.05) is 23.4 Å². The van der Waals surface area contributed by atoms with Gasteiger partial charge in [-0.05, 0) is 43.0 Å². The van der Waals surface area contributed by atoms with Gasteiger partial charge in [0.15, 0.2) is 0 Å². The quantitative estimate of drug-likeness (QED) is 0.561. The molecule has 2 aromatic rings. The highest BCUT2D eigenvalue weighted by Gasteiger charge is 2.25. The smallest absolute Gasteiger partial charge is 0.307 e. The number of rotatable bonds is 10. The monoisotopic (exact) mass is 398 g/mol. The highest BCUT2D eigenvalue weighted by atomic mass is 32.1. The molecular formula is C22H26N2O3S. The number of nitrogens with zero attached hydrogens (tertiary/aromatic N) is 1. The summed E-state index contributed by atoms with van der Waals surface area (Å²) in [5, 5.41) is 15.2. The Balaban J connectivity index is 1.58. The molecule has 1 amide bonds. The number of nitrogens with one attached hydrogen (secondary N) is 1. The molecule has 1 fully saturated rings. The number of benzene rings is 1. The van der Waals surface area contributed by atoms with Crippen molar-refractivity contribution in [3.63, 3.8) is 0 Å². The third-order valence-corrected chi connectivity index (χ3v) is 5.64. The van der Waals surface area contributed by atoms with Crippen LogP contribution in [-0.2, 0) is 9.59 Å². The zero-order valence-corrected chi connectivity index (χ0v) is 16.9. The normalized spacial score (nSPS) is 14.9. The predicted molar refractivity (Wildman–Crippen MR) is 113 cm³/mol. The van der Waals surface area contributed by atoms with Crippen LogP contribution in [0.4, 0.5) is 5.69 Å². The average Bonchev–Trinajstić information content (AvgIpc) is 3.41. The lowest BCUT2D eigenvalue weighted by molar-refractivity contribution is -0.143. The second-order valence-electron chi connectivity index (χ2n) is 7.27. The maximum absolute atomic E-state index is 12.3. The number of thiazole rings is 1. The summed E-state index contributed by atoms with van der Waals surface area (Å²) in [5.74, 6) is -1.15. The van der Waals surface area contributed by atoms with E-state index in [-0.39, 0.29) is 12.3 Å². The van der Waals surface area contributed by atoms with Gasteiger partial charge in [0.05, 0.1) is 11.6 Å². The van der Waals surface area contributed by atoms with E-state index in [0.29, 0.717) is 18.0 Å².